The van der Waals surface area contributed by atoms with Gasteiger partial charge in [-0.3, -0.25) is 9.36 Å². The molecule has 6 nitrogen and oxygen atoms in total. The molecule has 0 saturated carbocycles. The summed E-state index contributed by atoms with van der Waals surface area (Å²) < 4.78 is 7.30. The van der Waals surface area contributed by atoms with Gasteiger partial charge in [-0.1, -0.05) is 28.1 Å². The minimum atomic E-state index is -0.220. The second kappa shape index (κ2) is 6.38. The van der Waals surface area contributed by atoms with Crippen molar-refractivity contribution < 1.29 is 4.74 Å². The number of rotatable bonds is 4. The smallest absolute Gasteiger partial charge is 0.262 e. The number of nitrogens with two attached hydrogens (primary N) is 2. The minimum Gasteiger partial charge on any atom is -0.378 e. The molecule has 7 heteroatoms. The average Bonchev–Trinajstić information content (AvgIpc) is 2.45. The highest BCUT2D eigenvalue weighted by molar-refractivity contribution is 9.10. The van der Waals surface area contributed by atoms with E-state index in [1.165, 1.54) is 4.57 Å². The Morgan fingerprint density at radius 3 is 2.76 bits per heavy atom. The summed E-state index contributed by atoms with van der Waals surface area (Å²) in [5.41, 5.74) is 13.9. The van der Waals surface area contributed by atoms with Gasteiger partial charge in [0.15, 0.2) is 0 Å². The van der Waals surface area contributed by atoms with E-state index in [1.54, 1.807) is 14.2 Å². The third-order valence-corrected chi connectivity index (χ3v) is 4.02. The maximum absolute atomic E-state index is 12.6. The predicted molar refractivity (Wildman–Crippen MR) is 85.6 cm³/mol. The zero-order chi connectivity index (χ0) is 15.6. The fourth-order valence-corrected chi connectivity index (χ4v) is 2.70. The number of methoxy groups -OCH3 is 1. The molecule has 0 spiro atoms. The first-order chi connectivity index (χ1) is 10.0. The molecule has 112 valence electrons. The van der Waals surface area contributed by atoms with Gasteiger partial charge in [-0.2, -0.15) is 0 Å². The zero-order valence-corrected chi connectivity index (χ0v) is 13.5. The van der Waals surface area contributed by atoms with Crippen LogP contribution in [-0.4, -0.2) is 16.7 Å². The summed E-state index contributed by atoms with van der Waals surface area (Å²) in [6.45, 7) is 0.503. The van der Waals surface area contributed by atoms with E-state index in [2.05, 4.69) is 20.9 Å². The molecule has 1 aromatic heterocycles. The van der Waals surface area contributed by atoms with Gasteiger partial charge < -0.3 is 16.2 Å². The van der Waals surface area contributed by atoms with Crippen molar-refractivity contribution in [1.29, 1.82) is 0 Å². The van der Waals surface area contributed by atoms with Crippen LogP contribution in [0.3, 0.4) is 0 Å². The van der Waals surface area contributed by atoms with Crippen molar-refractivity contribution in [2.45, 2.75) is 13.2 Å². The SMILES string of the molecule is COCc1nc(N)n(C)c(=O)c1-c1cccc(Br)c1CN. The molecule has 1 heterocycles. The van der Waals surface area contributed by atoms with E-state index in [4.69, 9.17) is 16.2 Å². The lowest BCUT2D eigenvalue weighted by Crippen LogP contribution is -2.26. The number of nitrogens with zero attached hydrogens (tertiary/aromatic N) is 2. The van der Waals surface area contributed by atoms with Gasteiger partial charge in [0.25, 0.3) is 5.56 Å². The van der Waals surface area contributed by atoms with Crippen LogP contribution < -0.4 is 17.0 Å². The number of hydrogen-bond acceptors (Lipinski definition) is 5. The quantitative estimate of drug-likeness (QED) is 0.866. The molecule has 2 rings (SSSR count). The van der Waals surface area contributed by atoms with Crippen molar-refractivity contribution >= 4 is 21.9 Å². The van der Waals surface area contributed by atoms with Gasteiger partial charge in [-0.15, -0.1) is 0 Å². The maximum Gasteiger partial charge on any atom is 0.262 e. The van der Waals surface area contributed by atoms with Crippen LogP contribution in [0.1, 0.15) is 11.3 Å². The summed E-state index contributed by atoms with van der Waals surface area (Å²) in [5, 5.41) is 0. The Balaban J connectivity index is 2.83. The van der Waals surface area contributed by atoms with Gasteiger partial charge in [0.05, 0.1) is 17.9 Å². The monoisotopic (exact) mass is 352 g/mol. The average molecular weight is 353 g/mol. The van der Waals surface area contributed by atoms with E-state index < -0.39 is 0 Å². The van der Waals surface area contributed by atoms with Crippen LogP contribution in [0.15, 0.2) is 27.5 Å². The Morgan fingerprint density at radius 1 is 1.43 bits per heavy atom. The van der Waals surface area contributed by atoms with E-state index in [-0.39, 0.29) is 18.1 Å². The van der Waals surface area contributed by atoms with Crippen LogP contribution in [0.25, 0.3) is 11.1 Å². The fraction of sp³-hybridized carbons (Fsp3) is 0.286. The van der Waals surface area contributed by atoms with Gasteiger partial charge in [-0.05, 0) is 17.2 Å². The lowest BCUT2D eigenvalue weighted by Gasteiger charge is -2.15. The van der Waals surface area contributed by atoms with Gasteiger partial charge in [-0.25, -0.2) is 4.98 Å². The first kappa shape index (κ1) is 15.7. The number of ether oxygens (including phenoxy) is 1. The highest BCUT2D eigenvalue weighted by Crippen LogP contribution is 2.29. The first-order valence-electron chi connectivity index (χ1n) is 6.33. The normalized spacial score (nSPS) is 10.9. The Labute approximate surface area is 130 Å². The lowest BCUT2D eigenvalue weighted by molar-refractivity contribution is 0.181. The molecular formula is C14H17BrN4O2. The third-order valence-electron chi connectivity index (χ3n) is 3.27. The third kappa shape index (κ3) is 2.85. The topological polar surface area (TPSA) is 96.2 Å². The number of anilines is 1. The van der Waals surface area contributed by atoms with Crippen LogP contribution in [0.5, 0.6) is 0 Å². The highest BCUT2D eigenvalue weighted by Gasteiger charge is 2.18. The summed E-state index contributed by atoms with van der Waals surface area (Å²) in [5.74, 6) is 0.153. The molecule has 0 radical (unpaired) electrons. The van der Waals surface area contributed by atoms with Gasteiger partial charge in [0, 0.05) is 25.2 Å². The number of benzene rings is 1. The number of halogens is 1. The Hall–Kier alpha value is -1.70. The molecule has 1 aromatic carbocycles. The molecule has 4 N–H and O–H groups in total. The van der Waals surface area contributed by atoms with Gasteiger partial charge in [0.1, 0.15) is 0 Å². The molecular weight excluding hydrogens is 336 g/mol. The molecule has 21 heavy (non-hydrogen) atoms. The summed E-state index contributed by atoms with van der Waals surface area (Å²) in [7, 11) is 3.13. The first-order valence-corrected chi connectivity index (χ1v) is 7.12. The molecule has 0 amide bonds. The Kier molecular flexibility index (Phi) is 4.76. The fourth-order valence-electron chi connectivity index (χ4n) is 2.18. The van der Waals surface area contributed by atoms with Crippen molar-refractivity contribution in [2.24, 2.45) is 12.8 Å². The second-order valence-electron chi connectivity index (χ2n) is 4.56. The van der Waals surface area contributed by atoms with E-state index >= 15 is 0 Å². The zero-order valence-electron chi connectivity index (χ0n) is 11.9. The molecule has 2 aromatic rings. The van der Waals surface area contributed by atoms with Crippen LogP contribution in [-0.2, 0) is 24.9 Å². The summed E-state index contributed by atoms with van der Waals surface area (Å²) in [4.78, 5) is 16.9. The molecule has 0 aliphatic heterocycles. The van der Waals surface area contributed by atoms with Crippen LogP contribution in [0.4, 0.5) is 5.95 Å². The van der Waals surface area contributed by atoms with E-state index in [1.807, 2.05) is 18.2 Å². The van der Waals surface area contributed by atoms with E-state index in [0.717, 1.165) is 15.6 Å². The Morgan fingerprint density at radius 2 is 2.14 bits per heavy atom. The number of nitrogen functional groups attached to an aromatic ring is 1. The van der Waals surface area contributed by atoms with Gasteiger partial charge >= 0.3 is 0 Å². The van der Waals surface area contributed by atoms with Crippen LogP contribution >= 0.6 is 15.9 Å². The molecule has 0 unspecified atom stereocenters. The molecule has 0 atom stereocenters. The van der Waals surface area contributed by atoms with Crippen molar-refractivity contribution in [1.82, 2.24) is 9.55 Å². The highest BCUT2D eigenvalue weighted by atomic mass is 79.9. The summed E-state index contributed by atoms with van der Waals surface area (Å²) in [6, 6.07) is 5.59. The largest absolute Gasteiger partial charge is 0.378 e. The van der Waals surface area contributed by atoms with Gasteiger partial charge in [0.2, 0.25) is 5.95 Å². The maximum atomic E-state index is 12.6. The molecule has 0 aliphatic rings. The van der Waals surface area contributed by atoms with Crippen LogP contribution in [0.2, 0.25) is 0 Å². The second-order valence-corrected chi connectivity index (χ2v) is 5.41. The van der Waals surface area contributed by atoms with E-state index in [0.29, 0.717) is 17.8 Å². The summed E-state index contributed by atoms with van der Waals surface area (Å²) in [6.07, 6.45) is 0. The van der Waals surface area contributed by atoms with Crippen molar-refractivity contribution in [3.05, 3.63) is 44.3 Å². The van der Waals surface area contributed by atoms with Crippen LogP contribution in [0, 0.1) is 0 Å². The predicted octanol–water partition coefficient (Wildman–Crippen LogP) is 1.40. The van der Waals surface area contributed by atoms with E-state index in [9.17, 15) is 4.79 Å². The standard InChI is InChI=1S/C14H17BrN4O2/c1-19-13(20)12(11(7-21-2)18-14(19)17)8-4-3-5-10(15)9(8)6-16/h3-5H,6-7,16H2,1-2H3,(H2,17,18). The number of aromatic nitrogens is 2. The molecule has 0 saturated heterocycles. The Bertz CT molecular complexity index is 728. The molecule has 0 aliphatic carbocycles. The summed E-state index contributed by atoms with van der Waals surface area (Å²) >= 11 is 3.46. The molecule has 0 fully saturated rings. The van der Waals surface area contributed by atoms with Crippen molar-refractivity contribution in [3.63, 3.8) is 0 Å². The van der Waals surface area contributed by atoms with Crippen molar-refractivity contribution in [2.75, 3.05) is 12.8 Å². The molecule has 0 bridgehead atoms. The number of hydrogen-bond donors (Lipinski definition) is 2. The van der Waals surface area contributed by atoms with Crippen molar-refractivity contribution in [3.8, 4) is 11.1 Å². The minimum absolute atomic E-state index is 0.153. The lowest BCUT2D eigenvalue weighted by atomic mass is 9.99.